The largest absolute Gasteiger partial charge is 0.398 e. The second-order valence-electron chi connectivity index (χ2n) is 3.98. The first-order valence-electron chi connectivity index (χ1n) is 4.98. The molecule has 0 aromatic heterocycles. The molecular weight excluding hydrogens is 174 g/mol. The molecule has 0 saturated carbocycles. The average molecular weight is 193 g/mol. The Morgan fingerprint density at radius 3 is 2.57 bits per heavy atom. The molecule has 2 heteroatoms. The quantitative estimate of drug-likeness (QED) is 0.749. The van der Waals surface area contributed by atoms with Gasteiger partial charge in [0.2, 0.25) is 0 Å². The molecule has 2 nitrogen and oxygen atoms in total. The van der Waals surface area contributed by atoms with Crippen molar-refractivity contribution < 1.29 is 4.74 Å². The Hall–Kier alpha value is -1.02. The maximum absolute atomic E-state index is 6.02. The van der Waals surface area contributed by atoms with E-state index in [-0.39, 0.29) is 5.60 Å². The van der Waals surface area contributed by atoms with Crippen LogP contribution in [-0.4, -0.2) is 6.61 Å². The van der Waals surface area contributed by atoms with Crippen molar-refractivity contribution in [3.63, 3.8) is 0 Å². The van der Waals surface area contributed by atoms with E-state index in [2.05, 4.69) is 0 Å². The van der Waals surface area contributed by atoms with Gasteiger partial charge in [-0.1, -0.05) is 18.2 Å². The maximum atomic E-state index is 6.02. The molecule has 0 aliphatic rings. The molecule has 0 saturated heterocycles. The van der Waals surface area contributed by atoms with Gasteiger partial charge in [-0.2, -0.15) is 0 Å². The lowest BCUT2D eigenvalue weighted by molar-refractivity contribution is -0.0134. The zero-order chi connectivity index (χ0) is 10.8. The number of rotatable bonds is 3. The van der Waals surface area contributed by atoms with E-state index in [0.29, 0.717) is 6.61 Å². The molecule has 0 unspecified atom stereocenters. The molecule has 0 aliphatic heterocycles. The van der Waals surface area contributed by atoms with Crippen LogP contribution in [0.4, 0.5) is 5.69 Å². The van der Waals surface area contributed by atoms with Crippen molar-refractivity contribution in [2.75, 3.05) is 12.3 Å². The minimum Gasteiger partial charge on any atom is -0.398 e. The van der Waals surface area contributed by atoms with Crippen LogP contribution >= 0.6 is 0 Å². The lowest BCUT2D eigenvalue weighted by atomic mass is 9.94. The topological polar surface area (TPSA) is 35.2 Å². The normalized spacial score (nSPS) is 11.7. The number of anilines is 1. The highest BCUT2D eigenvalue weighted by atomic mass is 16.5. The summed E-state index contributed by atoms with van der Waals surface area (Å²) in [5.41, 5.74) is 8.73. The van der Waals surface area contributed by atoms with Crippen molar-refractivity contribution in [1.29, 1.82) is 0 Å². The van der Waals surface area contributed by atoms with E-state index in [4.69, 9.17) is 10.5 Å². The van der Waals surface area contributed by atoms with Gasteiger partial charge < -0.3 is 10.5 Å². The highest BCUT2D eigenvalue weighted by molar-refractivity contribution is 5.55. The van der Waals surface area contributed by atoms with E-state index in [1.54, 1.807) is 0 Å². The smallest absolute Gasteiger partial charge is 0.0895 e. The Kier molecular flexibility index (Phi) is 3.17. The van der Waals surface area contributed by atoms with Crippen LogP contribution in [0, 0.1) is 6.92 Å². The van der Waals surface area contributed by atoms with Gasteiger partial charge in [-0.15, -0.1) is 0 Å². The van der Waals surface area contributed by atoms with Crippen molar-refractivity contribution in [1.82, 2.24) is 0 Å². The zero-order valence-electron chi connectivity index (χ0n) is 9.42. The number of aryl methyl sites for hydroxylation is 1. The number of nitrogens with two attached hydrogens (primary N) is 1. The molecule has 0 heterocycles. The second kappa shape index (κ2) is 4.01. The van der Waals surface area contributed by atoms with Gasteiger partial charge in [0, 0.05) is 17.9 Å². The summed E-state index contributed by atoms with van der Waals surface area (Å²) in [5.74, 6) is 0. The summed E-state index contributed by atoms with van der Waals surface area (Å²) in [4.78, 5) is 0. The molecule has 0 atom stereocenters. The number of hydrogen-bond acceptors (Lipinski definition) is 2. The van der Waals surface area contributed by atoms with Gasteiger partial charge in [0.25, 0.3) is 0 Å². The monoisotopic (exact) mass is 193 g/mol. The summed E-state index contributed by atoms with van der Waals surface area (Å²) in [6.45, 7) is 8.79. The van der Waals surface area contributed by atoms with Crippen LogP contribution in [-0.2, 0) is 10.3 Å². The van der Waals surface area contributed by atoms with E-state index in [0.717, 1.165) is 16.8 Å². The van der Waals surface area contributed by atoms with Crippen LogP contribution in [0.3, 0.4) is 0 Å². The molecule has 0 bridgehead atoms. The first-order chi connectivity index (χ1) is 6.49. The van der Waals surface area contributed by atoms with Crippen molar-refractivity contribution in [3.05, 3.63) is 29.3 Å². The second-order valence-corrected chi connectivity index (χ2v) is 3.98. The Labute approximate surface area is 86.1 Å². The minimum absolute atomic E-state index is 0.301. The van der Waals surface area contributed by atoms with Crippen LogP contribution in [0.2, 0.25) is 0 Å². The van der Waals surface area contributed by atoms with Crippen LogP contribution in [0.5, 0.6) is 0 Å². The van der Waals surface area contributed by atoms with Gasteiger partial charge >= 0.3 is 0 Å². The summed E-state index contributed by atoms with van der Waals surface area (Å²) in [7, 11) is 0. The Bertz CT molecular complexity index is 318. The summed E-state index contributed by atoms with van der Waals surface area (Å²) in [5, 5.41) is 0. The molecule has 78 valence electrons. The van der Waals surface area contributed by atoms with Gasteiger partial charge in [-0.05, 0) is 33.3 Å². The fourth-order valence-electron chi connectivity index (χ4n) is 1.64. The van der Waals surface area contributed by atoms with E-state index < -0.39 is 0 Å². The lowest BCUT2D eigenvalue weighted by Gasteiger charge is -2.27. The first kappa shape index (κ1) is 11.1. The average Bonchev–Trinajstić information content (AvgIpc) is 2.09. The van der Waals surface area contributed by atoms with E-state index in [9.17, 15) is 0 Å². The number of hydrogen-bond donors (Lipinski definition) is 1. The molecule has 0 aliphatic carbocycles. The van der Waals surface area contributed by atoms with E-state index in [1.807, 2.05) is 45.9 Å². The third-order valence-electron chi connectivity index (χ3n) is 2.48. The Balaban J connectivity index is 3.12. The van der Waals surface area contributed by atoms with Crippen molar-refractivity contribution in [2.45, 2.75) is 33.3 Å². The summed E-state index contributed by atoms with van der Waals surface area (Å²) in [6, 6.07) is 6.06. The van der Waals surface area contributed by atoms with Crippen LogP contribution in [0.25, 0.3) is 0 Å². The molecule has 0 fully saturated rings. The predicted octanol–water partition coefficient (Wildman–Crippen LogP) is 2.85. The molecule has 0 amide bonds. The molecular formula is C12H19NO. The summed E-state index contributed by atoms with van der Waals surface area (Å²) < 4.78 is 5.67. The van der Waals surface area contributed by atoms with Crippen LogP contribution in [0.15, 0.2) is 18.2 Å². The molecule has 1 aromatic carbocycles. The fraction of sp³-hybridized carbons (Fsp3) is 0.500. The standard InChI is InChI=1S/C12H19NO/c1-5-14-12(3,4)10-8-6-7-9(2)11(10)13/h6-8H,5,13H2,1-4H3. The molecule has 1 rings (SSSR count). The number of ether oxygens (including phenoxy) is 1. The highest BCUT2D eigenvalue weighted by Crippen LogP contribution is 2.30. The first-order valence-corrected chi connectivity index (χ1v) is 4.98. The molecule has 1 aromatic rings. The van der Waals surface area contributed by atoms with Gasteiger partial charge in [-0.25, -0.2) is 0 Å². The van der Waals surface area contributed by atoms with E-state index in [1.165, 1.54) is 0 Å². The van der Waals surface area contributed by atoms with E-state index >= 15 is 0 Å². The maximum Gasteiger partial charge on any atom is 0.0895 e. The van der Waals surface area contributed by atoms with Gasteiger partial charge in [0.1, 0.15) is 0 Å². The van der Waals surface area contributed by atoms with Crippen LogP contribution < -0.4 is 5.73 Å². The summed E-state index contributed by atoms with van der Waals surface area (Å²) >= 11 is 0. The third kappa shape index (κ3) is 2.07. The molecule has 0 radical (unpaired) electrons. The Morgan fingerprint density at radius 2 is 2.00 bits per heavy atom. The molecule has 14 heavy (non-hydrogen) atoms. The lowest BCUT2D eigenvalue weighted by Crippen LogP contribution is -2.23. The third-order valence-corrected chi connectivity index (χ3v) is 2.48. The van der Waals surface area contributed by atoms with Gasteiger partial charge in [-0.3, -0.25) is 0 Å². The highest BCUT2D eigenvalue weighted by Gasteiger charge is 2.23. The zero-order valence-corrected chi connectivity index (χ0v) is 9.42. The predicted molar refractivity (Wildman–Crippen MR) is 60.2 cm³/mol. The minimum atomic E-state index is -0.301. The van der Waals surface area contributed by atoms with Crippen molar-refractivity contribution >= 4 is 5.69 Å². The van der Waals surface area contributed by atoms with Crippen molar-refractivity contribution in [2.24, 2.45) is 0 Å². The number of nitrogen functional groups attached to an aromatic ring is 1. The van der Waals surface area contributed by atoms with Crippen molar-refractivity contribution in [3.8, 4) is 0 Å². The fourth-order valence-corrected chi connectivity index (χ4v) is 1.64. The Morgan fingerprint density at radius 1 is 1.36 bits per heavy atom. The van der Waals surface area contributed by atoms with Gasteiger partial charge in [0.05, 0.1) is 5.60 Å². The van der Waals surface area contributed by atoms with Crippen LogP contribution in [0.1, 0.15) is 31.9 Å². The number of benzene rings is 1. The SMILES string of the molecule is CCOC(C)(C)c1cccc(C)c1N. The van der Waals surface area contributed by atoms with Gasteiger partial charge in [0.15, 0.2) is 0 Å². The molecule has 2 N–H and O–H groups in total. The summed E-state index contributed by atoms with van der Waals surface area (Å²) in [6.07, 6.45) is 0. The number of para-hydroxylation sites is 1. The molecule has 0 spiro atoms.